The van der Waals surface area contributed by atoms with Crippen LogP contribution in [0, 0.1) is 6.92 Å². The number of hydrogen-bond donors (Lipinski definition) is 2. The highest BCUT2D eigenvalue weighted by atomic mass is 16.5. The van der Waals surface area contributed by atoms with Gasteiger partial charge in [-0.25, -0.2) is 4.79 Å². The highest BCUT2D eigenvalue weighted by Gasteiger charge is 2.14. The first-order valence-corrected chi connectivity index (χ1v) is 6.25. The lowest BCUT2D eigenvalue weighted by molar-refractivity contribution is 0.0660. The average molecular weight is 275 g/mol. The fourth-order valence-corrected chi connectivity index (χ4v) is 1.99. The monoisotopic (exact) mass is 275 g/mol. The molecule has 0 amide bonds. The second-order valence-electron chi connectivity index (χ2n) is 4.56. The number of aryl methyl sites for hydroxylation is 1. The number of carboxylic acid groups (broad SMARTS) is 1. The molecule has 2 N–H and O–H groups in total. The fourth-order valence-electron chi connectivity index (χ4n) is 1.99. The van der Waals surface area contributed by atoms with Gasteiger partial charge < -0.3 is 19.6 Å². The van der Waals surface area contributed by atoms with E-state index in [0.29, 0.717) is 5.76 Å². The Balaban J connectivity index is 2.12. The van der Waals surface area contributed by atoms with E-state index in [-0.39, 0.29) is 11.8 Å². The van der Waals surface area contributed by atoms with E-state index in [2.05, 4.69) is 5.32 Å². The minimum Gasteiger partial charge on any atom is -0.496 e. The molecule has 0 spiro atoms. The Labute approximate surface area is 117 Å². The molecule has 0 aliphatic carbocycles. The Morgan fingerprint density at radius 1 is 1.35 bits per heavy atom. The molecule has 1 atom stereocenters. The van der Waals surface area contributed by atoms with E-state index in [0.717, 1.165) is 17.0 Å². The Morgan fingerprint density at radius 3 is 2.65 bits per heavy atom. The Bertz CT molecular complexity index is 618. The molecule has 0 fully saturated rings. The zero-order valence-electron chi connectivity index (χ0n) is 11.6. The van der Waals surface area contributed by atoms with Crippen molar-refractivity contribution >= 4 is 11.7 Å². The molecule has 0 aliphatic heterocycles. The number of furan rings is 1. The van der Waals surface area contributed by atoms with Gasteiger partial charge in [0.25, 0.3) is 0 Å². The first-order valence-electron chi connectivity index (χ1n) is 6.25. The number of hydrogen-bond acceptors (Lipinski definition) is 4. The van der Waals surface area contributed by atoms with Gasteiger partial charge in [-0.15, -0.1) is 0 Å². The lowest BCUT2D eigenvalue weighted by Crippen LogP contribution is -2.06. The van der Waals surface area contributed by atoms with Crippen molar-refractivity contribution in [1.82, 2.24) is 0 Å². The van der Waals surface area contributed by atoms with Crippen LogP contribution in [0.25, 0.3) is 0 Å². The van der Waals surface area contributed by atoms with Gasteiger partial charge in [-0.2, -0.15) is 0 Å². The van der Waals surface area contributed by atoms with Gasteiger partial charge in [0.15, 0.2) is 0 Å². The fraction of sp³-hybridized carbons (Fsp3) is 0.267. The number of ether oxygens (including phenoxy) is 1. The molecule has 1 heterocycles. The van der Waals surface area contributed by atoms with Crippen LogP contribution in [0.15, 0.2) is 34.7 Å². The Hall–Kier alpha value is -2.43. The van der Waals surface area contributed by atoms with E-state index >= 15 is 0 Å². The predicted octanol–water partition coefficient (Wildman–Crippen LogP) is 3.47. The van der Waals surface area contributed by atoms with Crippen LogP contribution in [0.1, 0.15) is 34.8 Å². The molecule has 1 aromatic carbocycles. The molecule has 2 rings (SSSR count). The quantitative estimate of drug-likeness (QED) is 0.874. The lowest BCUT2D eigenvalue weighted by Gasteiger charge is -2.14. The van der Waals surface area contributed by atoms with Gasteiger partial charge in [0.1, 0.15) is 11.5 Å². The third-order valence-corrected chi connectivity index (χ3v) is 3.04. The summed E-state index contributed by atoms with van der Waals surface area (Å²) in [5.41, 5.74) is 1.94. The summed E-state index contributed by atoms with van der Waals surface area (Å²) in [5.74, 6) is 0.286. The van der Waals surface area contributed by atoms with Crippen LogP contribution < -0.4 is 10.1 Å². The minimum atomic E-state index is -1.07. The van der Waals surface area contributed by atoms with Gasteiger partial charge >= 0.3 is 5.97 Å². The van der Waals surface area contributed by atoms with Crippen molar-refractivity contribution in [2.24, 2.45) is 0 Å². The van der Waals surface area contributed by atoms with Crippen LogP contribution in [0.4, 0.5) is 5.69 Å². The smallest absolute Gasteiger partial charge is 0.371 e. The van der Waals surface area contributed by atoms with Crippen LogP contribution >= 0.6 is 0 Å². The van der Waals surface area contributed by atoms with Crippen molar-refractivity contribution in [2.75, 3.05) is 12.4 Å². The van der Waals surface area contributed by atoms with Crippen molar-refractivity contribution in [1.29, 1.82) is 0 Å². The van der Waals surface area contributed by atoms with Crippen LogP contribution in [-0.4, -0.2) is 18.2 Å². The molecule has 1 aromatic heterocycles. The summed E-state index contributed by atoms with van der Waals surface area (Å²) in [6.07, 6.45) is 0. The number of aromatic carboxylic acids is 1. The number of carbonyl (C=O) groups is 1. The lowest BCUT2D eigenvalue weighted by atomic mass is 10.1. The first-order chi connectivity index (χ1) is 9.51. The third kappa shape index (κ3) is 2.93. The topological polar surface area (TPSA) is 71.7 Å². The van der Waals surface area contributed by atoms with E-state index < -0.39 is 5.97 Å². The Morgan fingerprint density at radius 2 is 2.10 bits per heavy atom. The molecule has 106 valence electrons. The van der Waals surface area contributed by atoms with Crippen LogP contribution in [0.3, 0.4) is 0 Å². The van der Waals surface area contributed by atoms with Crippen molar-refractivity contribution in [3.63, 3.8) is 0 Å². The van der Waals surface area contributed by atoms with Crippen LogP contribution in [0.5, 0.6) is 5.75 Å². The maximum absolute atomic E-state index is 10.8. The van der Waals surface area contributed by atoms with E-state index in [1.807, 2.05) is 32.0 Å². The Kier molecular flexibility index (Phi) is 3.98. The number of methoxy groups -OCH3 is 1. The maximum Gasteiger partial charge on any atom is 0.371 e. The molecule has 0 aliphatic rings. The normalized spacial score (nSPS) is 11.9. The number of nitrogens with one attached hydrogen (secondary N) is 1. The van der Waals surface area contributed by atoms with Gasteiger partial charge in [-0.1, -0.05) is 0 Å². The second kappa shape index (κ2) is 5.69. The molecule has 0 saturated carbocycles. The largest absolute Gasteiger partial charge is 0.496 e. The minimum absolute atomic E-state index is 0.0560. The van der Waals surface area contributed by atoms with Gasteiger partial charge in [0.05, 0.1) is 13.2 Å². The van der Waals surface area contributed by atoms with Crippen molar-refractivity contribution in [2.45, 2.75) is 19.9 Å². The average Bonchev–Trinajstić information content (AvgIpc) is 2.88. The summed E-state index contributed by atoms with van der Waals surface area (Å²) in [6.45, 7) is 3.87. The number of benzene rings is 1. The molecular formula is C15H17NO4. The highest BCUT2D eigenvalue weighted by Crippen LogP contribution is 2.25. The van der Waals surface area contributed by atoms with Crippen molar-refractivity contribution in [3.05, 3.63) is 47.4 Å². The number of anilines is 1. The van der Waals surface area contributed by atoms with Crippen LogP contribution in [-0.2, 0) is 0 Å². The number of rotatable bonds is 5. The third-order valence-electron chi connectivity index (χ3n) is 3.04. The second-order valence-corrected chi connectivity index (χ2v) is 4.56. The summed E-state index contributed by atoms with van der Waals surface area (Å²) in [5, 5.41) is 12.1. The first kappa shape index (κ1) is 14.0. The van der Waals surface area contributed by atoms with Gasteiger partial charge in [-0.3, -0.25) is 0 Å². The zero-order chi connectivity index (χ0) is 14.7. The summed E-state index contributed by atoms with van der Waals surface area (Å²) >= 11 is 0. The molecule has 2 aromatic rings. The summed E-state index contributed by atoms with van der Waals surface area (Å²) in [4.78, 5) is 10.8. The highest BCUT2D eigenvalue weighted by molar-refractivity contribution is 5.84. The summed E-state index contributed by atoms with van der Waals surface area (Å²) in [7, 11) is 1.63. The van der Waals surface area contributed by atoms with Gasteiger partial charge in [-0.05, 0) is 49.7 Å². The van der Waals surface area contributed by atoms with E-state index in [4.69, 9.17) is 14.3 Å². The van der Waals surface area contributed by atoms with E-state index in [9.17, 15) is 4.79 Å². The molecule has 0 saturated heterocycles. The molecule has 0 radical (unpaired) electrons. The molecular weight excluding hydrogens is 258 g/mol. The molecule has 1 unspecified atom stereocenters. The van der Waals surface area contributed by atoms with Gasteiger partial charge in [0, 0.05) is 5.69 Å². The predicted molar refractivity (Wildman–Crippen MR) is 75.4 cm³/mol. The van der Waals surface area contributed by atoms with Crippen molar-refractivity contribution in [3.8, 4) is 5.75 Å². The SMILES string of the molecule is COc1ccc(NC(C)c2ccc(C(=O)O)o2)cc1C. The summed E-state index contributed by atoms with van der Waals surface area (Å²) in [6, 6.07) is 8.75. The van der Waals surface area contributed by atoms with Crippen LogP contribution in [0.2, 0.25) is 0 Å². The molecule has 20 heavy (non-hydrogen) atoms. The van der Waals surface area contributed by atoms with Gasteiger partial charge in [0.2, 0.25) is 5.76 Å². The molecule has 5 heteroatoms. The molecule has 0 bridgehead atoms. The van der Waals surface area contributed by atoms with E-state index in [1.165, 1.54) is 6.07 Å². The summed E-state index contributed by atoms with van der Waals surface area (Å²) < 4.78 is 10.5. The standard InChI is InChI=1S/C15H17NO4/c1-9-8-11(4-5-12(9)19-3)16-10(2)13-6-7-14(20-13)15(17)18/h4-8,10,16H,1-3H3,(H,17,18). The maximum atomic E-state index is 10.8. The van der Waals surface area contributed by atoms with Crippen molar-refractivity contribution < 1.29 is 19.1 Å². The number of carboxylic acids is 1. The van der Waals surface area contributed by atoms with E-state index in [1.54, 1.807) is 13.2 Å². The zero-order valence-corrected chi connectivity index (χ0v) is 11.6. The molecule has 5 nitrogen and oxygen atoms in total.